The van der Waals surface area contributed by atoms with E-state index in [0.717, 1.165) is 18.2 Å². The summed E-state index contributed by atoms with van der Waals surface area (Å²) in [4.78, 5) is 27.0. The van der Waals surface area contributed by atoms with Crippen LogP contribution in [0.25, 0.3) is 0 Å². The maximum Gasteiger partial charge on any atom is 0.336 e. The minimum Gasteiger partial charge on any atom is -0.460 e. The van der Waals surface area contributed by atoms with E-state index in [1.54, 1.807) is 13.8 Å². The van der Waals surface area contributed by atoms with Gasteiger partial charge in [-0.3, -0.25) is 4.79 Å². The third-order valence-corrected chi connectivity index (χ3v) is 4.99. The maximum atomic E-state index is 14.5. The first-order valence-corrected chi connectivity index (χ1v) is 9.68. The van der Waals surface area contributed by atoms with Crippen LogP contribution in [0.1, 0.15) is 44.2 Å². The van der Waals surface area contributed by atoms with Gasteiger partial charge in [-0.2, -0.15) is 0 Å². The van der Waals surface area contributed by atoms with E-state index in [4.69, 9.17) is 4.74 Å². The number of benzene rings is 2. The number of amides is 1. The van der Waals surface area contributed by atoms with Gasteiger partial charge in [0.05, 0.1) is 18.2 Å². The van der Waals surface area contributed by atoms with Gasteiger partial charge in [-0.15, -0.1) is 0 Å². The minimum atomic E-state index is -0.986. The monoisotopic (exact) mass is 435 g/mol. The molecule has 164 valence electrons. The molecule has 31 heavy (non-hydrogen) atoms. The number of ether oxygens (including phenoxy) is 1. The quantitative estimate of drug-likeness (QED) is 0.491. The second kappa shape index (κ2) is 8.91. The summed E-state index contributed by atoms with van der Waals surface area (Å²) >= 11 is 0. The summed E-state index contributed by atoms with van der Waals surface area (Å²) in [6.45, 7) is 4.58. The fourth-order valence-electron chi connectivity index (χ4n) is 3.68. The number of hydrogen-bond acceptors (Lipinski definition) is 3. The zero-order chi connectivity index (χ0) is 22.9. The van der Waals surface area contributed by atoms with Crippen molar-refractivity contribution in [1.82, 2.24) is 4.90 Å². The second-order valence-corrected chi connectivity index (χ2v) is 7.63. The van der Waals surface area contributed by atoms with Crippen LogP contribution in [0.2, 0.25) is 0 Å². The smallest absolute Gasteiger partial charge is 0.336 e. The van der Waals surface area contributed by atoms with Gasteiger partial charge in [-0.25, -0.2) is 22.4 Å². The highest BCUT2D eigenvalue weighted by molar-refractivity contribution is 5.96. The first-order valence-electron chi connectivity index (χ1n) is 9.68. The van der Waals surface area contributed by atoms with E-state index in [2.05, 4.69) is 0 Å². The van der Waals surface area contributed by atoms with Gasteiger partial charge in [0.1, 0.15) is 23.3 Å². The Hall–Kier alpha value is -3.16. The average molecular weight is 435 g/mol. The molecule has 3 rings (SSSR count). The van der Waals surface area contributed by atoms with Gasteiger partial charge >= 0.3 is 5.97 Å². The molecule has 0 aliphatic carbocycles. The fraction of sp³-hybridized carbons (Fsp3) is 0.304. The van der Waals surface area contributed by atoms with E-state index in [0.29, 0.717) is 12.1 Å². The highest BCUT2D eigenvalue weighted by Gasteiger charge is 2.38. The van der Waals surface area contributed by atoms with Crippen molar-refractivity contribution < 1.29 is 31.9 Å². The molecular formula is C23H21F4NO3. The van der Waals surface area contributed by atoms with Gasteiger partial charge in [0, 0.05) is 30.2 Å². The summed E-state index contributed by atoms with van der Waals surface area (Å²) in [7, 11) is 0. The highest BCUT2D eigenvalue weighted by Crippen LogP contribution is 2.39. The number of esters is 1. The largest absolute Gasteiger partial charge is 0.460 e. The normalized spacial score (nSPS) is 16.8. The van der Waals surface area contributed by atoms with Gasteiger partial charge in [-0.1, -0.05) is 6.07 Å². The van der Waals surface area contributed by atoms with E-state index in [1.807, 2.05) is 0 Å². The van der Waals surface area contributed by atoms with Crippen molar-refractivity contribution >= 4 is 11.9 Å². The van der Waals surface area contributed by atoms with Crippen LogP contribution >= 0.6 is 0 Å². The molecule has 2 aromatic rings. The number of carbonyl (C=O) groups is 2. The van der Waals surface area contributed by atoms with Crippen molar-refractivity contribution in [3.63, 3.8) is 0 Å². The molecule has 0 fully saturated rings. The Balaban J connectivity index is 2.08. The lowest BCUT2D eigenvalue weighted by Crippen LogP contribution is -2.38. The average Bonchev–Trinajstić information content (AvgIpc) is 2.63. The summed E-state index contributed by atoms with van der Waals surface area (Å²) in [6, 6.07) is 5.80. The molecule has 0 spiro atoms. The van der Waals surface area contributed by atoms with Crippen LogP contribution in [-0.4, -0.2) is 22.9 Å². The lowest BCUT2D eigenvalue weighted by molar-refractivity contribution is -0.143. The fourth-order valence-corrected chi connectivity index (χ4v) is 3.68. The molecule has 8 heteroatoms. The van der Waals surface area contributed by atoms with Crippen molar-refractivity contribution in [2.45, 2.75) is 45.8 Å². The van der Waals surface area contributed by atoms with Gasteiger partial charge in [0.25, 0.3) is 0 Å². The first-order chi connectivity index (χ1) is 14.6. The van der Waals surface area contributed by atoms with Gasteiger partial charge in [0.2, 0.25) is 5.91 Å². The molecule has 0 saturated carbocycles. The Kier molecular flexibility index (Phi) is 6.48. The van der Waals surface area contributed by atoms with Crippen LogP contribution in [0.4, 0.5) is 17.6 Å². The van der Waals surface area contributed by atoms with Crippen molar-refractivity contribution in [3.05, 3.63) is 82.1 Å². The van der Waals surface area contributed by atoms with Crippen molar-refractivity contribution in [2.24, 2.45) is 0 Å². The minimum absolute atomic E-state index is 0.0127. The number of allylic oxidation sites excluding steroid dienone is 1. The molecule has 1 atom stereocenters. The van der Waals surface area contributed by atoms with E-state index >= 15 is 0 Å². The van der Waals surface area contributed by atoms with Gasteiger partial charge < -0.3 is 9.64 Å². The van der Waals surface area contributed by atoms with Crippen LogP contribution in [0.15, 0.2) is 47.7 Å². The lowest BCUT2D eigenvalue weighted by Gasteiger charge is -2.35. The Morgan fingerprint density at radius 2 is 1.71 bits per heavy atom. The molecule has 0 N–H and O–H groups in total. The Labute approximate surface area is 177 Å². The molecule has 0 unspecified atom stereocenters. The Morgan fingerprint density at radius 3 is 2.29 bits per heavy atom. The second-order valence-electron chi connectivity index (χ2n) is 7.63. The van der Waals surface area contributed by atoms with Gasteiger partial charge in [-0.05, 0) is 50.1 Å². The SMILES string of the molecule is CC1=C(C(=O)OC(C)C)[C@@H](c2ccc(F)cc2F)CC(=O)N1Cc1cc(F)cc(F)c1. The molecule has 0 saturated heterocycles. The van der Waals surface area contributed by atoms with E-state index < -0.39 is 47.2 Å². The van der Waals surface area contributed by atoms with Gasteiger partial charge in [0.15, 0.2) is 0 Å². The summed E-state index contributed by atoms with van der Waals surface area (Å²) in [5.41, 5.74) is 0.394. The predicted molar refractivity (Wildman–Crippen MR) is 105 cm³/mol. The Bertz CT molecular complexity index is 1040. The lowest BCUT2D eigenvalue weighted by atomic mass is 9.83. The van der Waals surface area contributed by atoms with Crippen LogP contribution in [0.5, 0.6) is 0 Å². The van der Waals surface area contributed by atoms with Crippen LogP contribution in [0.3, 0.4) is 0 Å². The third-order valence-electron chi connectivity index (χ3n) is 4.99. The summed E-state index contributed by atoms with van der Waals surface area (Å²) in [6.07, 6.45) is -0.768. The number of rotatable bonds is 5. The standard InChI is InChI=1S/C23H21F4NO3/c1-12(2)31-23(30)22-13(3)28(11-14-6-16(25)8-17(26)7-14)21(29)10-19(22)18-5-4-15(24)9-20(18)27/h4-9,12,19H,10-11H2,1-3H3/t19-/m1/s1. The van der Waals surface area contributed by atoms with Crippen molar-refractivity contribution in [3.8, 4) is 0 Å². The summed E-state index contributed by atoms with van der Waals surface area (Å²) in [5.74, 6) is -5.48. The molecule has 0 bridgehead atoms. The molecular weight excluding hydrogens is 414 g/mol. The Morgan fingerprint density at radius 1 is 1.06 bits per heavy atom. The zero-order valence-corrected chi connectivity index (χ0v) is 17.2. The number of halogens is 4. The topological polar surface area (TPSA) is 46.6 Å². The molecule has 0 aromatic heterocycles. The first kappa shape index (κ1) is 22.5. The molecule has 1 amide bonds. The molecule has 4 nitrogen and oxygen atoms in total. The van der Waals surface area contributed by atoms with Crippen LogP contribution < -0.4 is 0 Å². The maximum absolute atomic E-state index is 14.5. The zero-order valence-electron chi connectivity index (χ0n) is 17.2. The molecule has 1 aliphatic heterocycles. The van der Waals surface area contributed by atoms with Crippen LogP contribution in [0, 0.1) is 23.3 Å². The molecule has 2 aromatic carbocycles. The summed E-state index contributed by atoms with van der Waals surface area (Å²) in [5, 5.41) is 0. The molecule has 1 aliphatic rings. The van der Waals surface area contributed by atoms with E-state index in [9.17, 15) is 27.2 Å². The predicted octanol–water partition coefficient (Wildman–Crippen LogP) is 4.98. The van der Waals surface area contributed by atoms with Crippen molar-refractivity contribution in [2.75, 3.05) is 0 Å². The van der Waals surface area contributed by atoms with Crippen LogP contribution in [-0.2, 0) is 20.9 Å². The van der Waals surface area contributed by atoms with E-state index in [1.165, 1.54) is 17.9 Å². The molecule has 0 radical (unpaired) electrons. The van der Waals surface area contributed by atoms with Crippen molar-refractivity contribution in [1.29, 1.82) is 0 Å². The highest BCUT2D eigenvalue weighted by atomic mass is 19.1. The summed E-state index contributed by atoms with van der Waals surface area (Å²) < 4.78 is 60.3. The number of carbonyl (C=O) groups excluding carboxylic acids is 2. The third kappa shape index (κ3) is 4.95. The van der Waals surface area contributed by atoms with E-state index in [-0.39, 0.29) is 35.4 Å². The number of nitrogens with zero attached hydrogens (tertiary/aromatic N) is 1. The number of hydrogen-bond donors (Lipinski definition) is 0. The molecule has 1 heterocycles.